The third kappa shape index (κ3) is 4.34. The molecule has 8 nitrogen and oxygen atoms in total. The molecule has 2 aromatic carbocycles. The van der Waals surface area contributed by atoms with Crippen LogP contribution < -0.4 is 19.7 Å². The molecule has 1 N–H and O–H groups in total. The van der Waals surface area contributed by atoms with E-state index in [0.717, 1.165) is 5.57 Å². The van der Waals surface area contributed by atoms with Gasteiger partial charge in [0.1, 0.15) is 47.1 Å². The zero-order valence-electron chi connectivity index (χ0n) is 24.7. The van der Waals surface area contributed by atoms with Gasteiger partial charge < -0.3 is 19.7 Å². The summed E-state index contributed by atoms with van der Waals surface area (Å²) >= 11 is 0. The second-order valence-corrected chi connectivity index (χ2v) is 12.5. The van der Waals surface area contributed by atoms with Crippen LogP contribution in [-0.4, -0.2) is 83.0 Å². The topological polar surface area (TPSA) is 75.6 Å². The molecule has 0 amide bonds. The number of alkyl halides is 1. The van der Waals surface area contributed by atoms with Gasteiger partial charge in [-0.25, -0.2) is 18.2 Å². The Morgan fingerprint density at radius 1 is 1.20 bits per heavy atom. The first-order valence-electron chi connectivity index (χ1n) is 15.2. The van der Waals surface area contributed by atoms with Crippen molar-refractivity contribution in [2.45, 2.75) is 43.6 Å². The third-order valence-electron chi connectivity index (χ3n) is 9.66. The second-order valence-electron chi connectivity index (χ2n) is 12.5. The Labute approximate surface area is 258 Å². The van der Waals surface area contributed by atoms with Crippen LogP contribution >= 0.6 is 0 Å². The first kappa shape index (κ1) is 28.1. The summed E-state index contributed by atoms with van der Waals surface area (Å²) in [5, 5.41) is 4.75. The molecule has 4 atom stereocenters. The van der Waals surface area contributed by atoms with Crippen LogP contribution in [0.25, 0.3) is 32.9 Å². The lowest BCUT2D eigenvalue weighted by Crippen LogP contribution is -2.56. The summed E-state index contributed by atoms with van der Waals surface area (Å²) in [7, 11) is 0. The summed E-state index contributed by atoms with van der Waals surface area (Å²) in [6.45, 7) is 9.06. The quantitative estimate of drug-likeness (QED) is 0.261. The van der Waals surface area contributed by atoms with Gasteiger partial charge in [0.15, 0.2) is 5.82 Å². The van der Waals surface area contributed by atoms with Gasteiger partial charge >= 0.3 is 6.01 Å². The fourth-order valence-electron chi connectivity index (χ4n) is 7.64. The van der Waals surface area contributed by atoms with E-state index in [1.807, 2.05) is 6.92 Å². The molecule has 0 saturated carbocycles. The molecule has 0 bridgehead atoms. The molecule has 3 saturated heterocycles. The predicted octanol–water partition coefficient (Wildman–Crippen LogP) is 4.78. The number of rotatable bonds is 4. The lowest BCUT2D eigenvalue weighted by atomic mass is 9.93. The Bertz CT molecular complexity index is 1950. The highest BCUT2D eigenvalue weighted by Crippen LogP contribution is 2.45. The maximum Gasteiger partial charge on any atom is 0.319 e. The molecule has 4 aliphatic heterocycles. The Morgan fingerprint density at radius 2 is 2.07 bits per heavy atom. The van der Waals surface area contributed by atoms with E-state index in [-0.39, 0.29) is 47.4 Å². The Hall–Kier alpha value is -4.40. The minimum Gasteiger partial charge on any atom is -0.472 e. The van der Waals surface area contributed by atoms with Gasteiger partial charge in [-0.05, 0) is 24.8 Å². The molecule has 2 aromatic heterocycles. The van der Waals surface area contributed by atoms with Crippen molar-refractivity contribution in [2.75, 3.05) is 44.2 Å². The lowest BCUT2D eigenvalue weighted by Gasteiger charge is -2.38. The van der Waals surface area contributed by atoms with Gasteiger partial charge in [0.25, 0.3) is 0 Å². The van der Waals surface area contributed by atoms with Crippen LogP contribution in [0.3, 0.4) is 0 Å². The summed E-state index contributed by atoms with van der Waals surface area (Å²) in [5.41, 5.74) is 0.706. The Kier molecular flexibility index (Phi) is 6.45. The van der Waals surface area contributed by atoms with Gasteiger partial charge in [-0.2, -0.15) is 9.97 Å². The van der Waals surface area contributed by atoms with Crippen LogP contribution in [0, 0.1) is 24.0 Å². The highest BCUT2D eigenvalue weighted by molar-refractivity contribution is 6.03. The molecule has 2 unspecified atom stereocenters. The van der Waals surface area contributed by atoms with Gasteiger partial charge in [-0.15, -0.1) is 6.42 Å². The number of anilines is 1. The van der Waals surface area contributed by atoms with Crippen LogP contribution in [-0.2, 0) is 0 Å². The SMILES string of the molecule is C#Cc1c(F)ccc2cccc(-c3nc4c5c(nc(OC[C@]67CC(=C)CN6C[C@H](F)C7)nc5c3F)N3CCNCC3C(C)O4)c12. The van der Waals surface area contributed by atoms with Crippen LogP contribution in [0.1, 0.15) is 25.3 Å². The number of benzene rings is 2. The molecule has 0 aliphatic carbocycles. The molecular weight excluding hydrogens is 581 g/mol. The number of hydrogen-bond acceptors (Lipinski definition) is 8. The number of nitrogens with zero attached hydrogens (tertiary/aromatic N) is 5. The zero-order valence-corrected chi connectivity index (χ0v) is 24.7. The van der Waals surface area contributed by atoms with Crippen LogP contribution in [0.15, 0.2) is 42.5 Å². The van der Waals surface area contributed by atoms with Crippen LogP contribution in [0.4, 0.5) is 19.0 Å². The number of fused-ring (bicyclic) bond motifs is 4. The number of aromatic nitrogens is 3. The van der Waals surface area contributed by atoms with Gasteiger partial charge in [0.2, 0.25) is 5.88 Å². The summed E-state index contributed by atoms with van der Waals surface area (Å²) in [6, 6.07) is 7.95. The van der Waals surface area contributed by atoms with Crippen molar-refractivity contribution >= 4 is 27.5 Å². The van der Waals surface area contributed by atoms with Crippen molar-refractivity contribution in [3.05, 3.63) is 59.7 Å². The van der Waals surface area contributed by atoms with E-state index < -0.39 is 23.3 Å². The van der Waals surface area contributed by atoms with Crippen molar-refractivity contribution in [3.8, 4) is 35.5 Å². The first-order valence-corrected chi connectivity index (χ1v) is 15.2. The van der Waals surface area contributed by atoms with Crippen molar-refractivity contribution in [3.63, 3.8) is 0 Å². The van der Waals surface area contributed by atoms with Crippen molar-refractivity contribution in [1.29, 1.82) is 0 Å². The largest absolute Gasteiger partial charge is 0.472 e. The molecule has 4 aliphatic rings. The second kappa shape index (κ2) is 10.3. The normalized spacial score (nSPS) is 26.0. The van der Waals surface area contributed by atoms with Crippen LogP contribution in [0.5, 0.6) is 11.9 Å². The maximum absolute atomic E-state index is 16.9. The lowest BCUT2D eigenvalue weighted by molar-refractivity contribution is 0.107. The van der Waals surface area contributed by atoms with E-state index in [1.165, 1.54) is 6.07 Å². The van der Waals surface area contributed by atoms with E-state index in [2.05, 4.69) is 32.6 Å². The van der Waals surface area contributed by atoms with E-state index in [0.29, 0.717) is 73.1 Å². The Balaban J connectivity index is 1.33. The molecule has 0 radical (unpaired) electrons. The zero-order chi connectivity index (χ0) is 31.0. The first-order chi connectivity index (χ1) is 21.8. The van der Waals surface area contributed by atoms with Gasteiger partial charge in [-0.1, -0.05) is 42.3 Å². The van der Waals surface area contributed by atoms with Gasteiger partial charge in [-0.3, -0.25) is 4.90 Å². The van der Waals surface area contributed by atoms with E-state index >= 15 is 4.39 Å². The number of terminal acetylenes is 1. The van der Waals surface area contributed by atoms with E-state index in [1.54, 1.807) is 24.3 Å². The maximum atomic E-state index is 16.9. The molecule has 11 heteroatoms. The van der Waals surface area contributed by atoms with Crippen molar-refractivity contribution in [2.24, 2.45) is 0 Å². The number of halogens is 3. The molecule has 6 heterocycles. The molecule has 3 fully saturated rings. The fourth-order valence-corrected chi connectivity index (χ4v) is 7.64. The number of piperazine rings is 1. The van der Waals surface area contributed by atoms with Crippen molar-refractivity contribution in [1.82, 2.24) is 25.2 Å². The summed E-state index contributed by atoms with van der Waals surface area (Å²) in [6.07, 6.45) is 5.36. The number of pyridine rings is 1. The van der Waals surface area contributed by atoms with Crippen molar-refractivity contribution < 1.29 is 22.6 Å². The summed E-state index contributed by atoms with van der Waals surface area (Å²) in [5.74, 6) is 1.75. The van der Waals surface area contributed by atoms with Crippen LogP contribution in [0.2, 0.25) is 0 Å². The Morgan fingerprint density at radius 3 is 2.91 bits per heavy atom. The smallest absolute Gasteiger partial charge is 0.319 e. The van der Waals surface area contributed by atoms with E-state index in [4.69, 9.17) is 25.9 Å². The average Bonchev–Trinajstić information content (AvgIpc) is 3.46. The number of hydrogen-bond donors (Lipinski definition) is 1. The highest BCUT2D eigenvalue weighted by Gasteiger charge is 2.51. The van der Waals surface area contributed by atoms with Gasteiger partial charge in [0, 0.05) is 50.1 Å². The number of nitrogens with one attached hydrogen (secondary N) is 1. The standard InChI is InChI=1S/C34H31F3N6O2/c1-4-22-24(36)9-8-20-6-5-7-23(26(20)22)29-28(37)30-27-31(43-11-10-38-14-25(43)19(3)45-32(27)39-29)41-33(40-30)44-17-34-12-18(2)15-42(34)16-21(35)13-34/h1,5-9,19,21,25,38H,2,10-17H2,3H3/t19?,21-,25?,34-/m1/s1. The highest BCUT2D eigenvalue weighted by atomic mass is 19.1. The third-order valence-corrected chi connectivity index (χ3v) is 9.66. The minimum absolute atomic E-state index is 0.0184. The summed E-state index contributed by atoms with van der Waals surface area (Å²) < 4.78 is 59.1. The van der Waals surface area contributed by atoms with Gasteiger partial charge in [0.05, 0.1) is 17.1 Å². The molecule has 4 aromatic rings. The average molecular weight is 613 g/mol. The molecule has 230 valence electrons. The monoisotopic (exact) mass is 612 g/mol. The molecule has 0 spiro atoms. The fraction of sp³-hybridized carbons (Fsp3) is 0.382. The minimum atomic E-state index is -0.962. The predicted molar refractivity (Wildman–Crippen MR) is 165 cm³/mol. The molecule has 45 heavy (non-hydrogen) atoms. The number of ether oxygens (including phenoxy) is 2. The van der Waals surface area contributed by atoms with E-state index in [9.17, 15) is 8.78 Å². The summed E-state index contributed by atoms with van der Waals surface area (Å²) in [4.78, 5) is 18.3. The molecular formula is C34H31F3N6O2. The molecule has 8 rings (SSSR count).